The summed E-state index contributed by atoms with van der Waals surface area (Å²) in [6.45, 7) is 12.7. The topological polar surface area (TPSA) is 88.5 Å². The molecule has 3 aromatic rings. The Bertz CT molecular complexity index is 1210. The summed E-state index contributed by atoms with van der Waals surface area (Å²) in [7, 11) is 1.56. The first-order chi connectivity index (χ1) is 17.0. The van der Waals surface area contributed by atoms with Crippen LogP contribution in [-0.4, -0.2) is 53.4 Å². The van der Waals surface area contributed by atoms with Gasteiger partial charge in [0.15, 0.2) is 0 Å². The molecular formula is C28H37N5O3. The lowest BCUT2D eigenvalue weighted by molar-refractivity contribution is -0.116. The second-order valence-corrected chi connectivity index (χ2v) is 10.1. The second-order valence-electron chi connectivity index (χ2n) is 10.1. The minimum atomic E-state index is -0.368. The smallest absolute Gasteiger partial charge is 0.322 e. The summed E-state index contributed by atoms with van der Waals surface area (Å²) in [5.74, 6) is 0.227. The fourth-order valence-corrected chi connectivity index (χ4v) is 3.55. The molecule has 2 N–H and O–H groups in total. The zero-order valence-corrected chi connectivity index (χ0v) is 22.3. The molecule has 0 aliphatic rings. The predicted octanol–water partition coefficient (Wildman–Crippen LogP) is 5.21. The van der Waals surface area contributed by atoms with E-state index in [0.29, 0.717) is 18.1 Å². The van der Waals surface area contributed by atoms with Crippen LogP contribution in [0.4, 0.5) is 16.3 Å². The number of nitrogens with one attached hydrogen (secondary N) is 2. The SMILES string of the molecule is COCCN(CC(=O)Nc1cc(C(C)(C)C)nn1-c1ccc(C)cc1)C(=O)Nc1ccc(C)c(C)c1. The largest absolute Gasteiger partial charge is 0.383 e. The number of nitrogens with zero attached hydrogens (tertiary/aromatic N) is 3. The van der Waals surface area contributed by atoms with Crippen molar-refractivity contribution in [3.8, 4) is 5.69 Å². The zero-order chi connectivity index (χ0) is 26.5. The quantitative estimate of drug-likeness (QED) is 0.453. The van der Waals surface area contributed by atoms with Crippen molar-refractivity contribution in [2.45, 2.75) is 47.0 Å². The molecule has 3 amide bonds. The fraction of sp³-hybridized carbons (Fsp3) is 0.393. The molecule has 0 bridgehead atoms. The van der Waals surface area contributed by atoms with Crippen molar-refractivity contribution in [2.75, 3.05) is 37.4 Å². The van der Waals surface area contributed by atoms with Gasteiger partial charge >= 0.3 is 6.03 Å². The molecular weight excluding hydrogens is 454 g/mol. The van der Waals surface area contributed by atoms with E-state index in [2.05, 4.69) is 31.4 Å². The van der Waals surface area contributed by atoms with E-state index in [1.165, 1.54) is 4.90 Å². The molecule has 2 aromatic carbocycles. The monoisotopic (exact) mass is 491 g/mol. The summed E-state index contributed by atoms with van der Waals surface area (Å²) in [4.78, 5) is 27.6. The van der Waals surface area contributed by atoms with Gasteiger partial charge in [0.05, 0.1) is 18.0 Å². The van der Waals surface area contributed by atoms with E-state index in [-0.39, 0.29) is 30.4 Å². The molecule has 0 aliphatic carbocycles. The third kappa shape index (κ3) is 6.95. The van der Waals surface area contributed by atoms with Crippen molar-refractivity contribution in [3.05, 3.63) is 70.9 Å². The third-order valence-electron chi connectivity index (χ3n) is 5.97. The van der Waals surface area contributed by atoms with Crippen LogP contribution in [0.1, 0.15) is 43.2 Å². The number of ether oxygens (including phenoxy) is 1. The minimum absolute atomic E-state index is 0.135. The number of benzene rings is 2. The Labute approximate surface area is 213 Å². The highest BCUT2D eigenvalue weighted by molar-refractivity contribution is 5.96. The van der Waals surface area contributed by atoms with Gasteiger partial charge in [-0.2, -0.15) is 5.10 Å². The van der Waals surface area contributed by atoms with Gasteiger partial charge in [-0.25, -0.2) is 9.48 Å². The number of amides is 3. The van der Waals surface area contributed by atoms with Crippen LogP contribution in [0, 0.1) is 20.8 Å². The second kappa shape index (κ2) is 11.4. The molecule has 1 aromatic heterocycles. The van der Waals surface area contributed by atoms with Crippen molar-refractivity contribution < 1.29 is 14.3 Å². The number of hydrogen-bond acceptors (Lipinski definition) is 4. The normalized spacial score (nSPS) is 11.3. The highest BCUT2D eigenvalue weighted by Crippen LogP contribution is 2.26. The van der Waals surface area contributed by atoms with Crippen molar-refractivity contribution in [1.29, 1.82) is 0 Å². The number of carbonyl (C=O) groups excluding carboxylic acids is 2. The number of hydrogen-bond donors (Lipinski definition) is 2. The first-order valence-electron chi connectivity index (χ1n) is 12.1. The summed E-state index contributed by atoms with van der Waals surface area (Å²) >= 11 is 0. The highest BCUT2D eigenvalue weighted by atomic mass is 16.5. The van der Waals surface area contributed by atoms with Crippen LogP contribution in [0.15, 0.2) is 48.5 Å². The Hall–Kier alpha value is -3.65. The predicted molar refractivity (Wildman–Crippen MR) is 144 cm³/mol. The maximum atomic E-state index is 13.1. The van der Waals surface area contributed by atoms with E-state index in [9.17, 15) is 9.59 Å². The lowest BCUT2D eigenvalue weighted by Gasteiger charge is -2.22. The van der Waals surface area contributed by atoms with Crippen LogP contribution >= 0.6 is 0 Å². The van der Waals surface area contributed by atoms with E-state index in [0.717, 1.165) is 28.1 Å². The Balaban J connectivity index is 1.80. The van der Waals surface area contributed by atoms with Gasteiger partial charge < -0.3 is 20.3 Å². The molecule has 3 rings (SSSR count). The maximum absolute atomic E-state index is 13.1. The summed E-state index contributed by atoms with van der Waals surface area (Å²) in [6, 6.07) is 15.2. The zero-order valence-electron chi connectivity index (χ0n) is 22.3. The molecule has 8 nitrogen and oxygen atoms in total. The van der Waals surface area contributed by atoms with E-state index in [1.54, 1.807) is 11.8 Å². The van der Waals surface area contributed by atoms with Crippen molar-refractivity contribution in [1.82, 2.24) is 14.7 Å². The van der Waals surface area contributed by atoms with Crippen LogP contribution < -0.4 is 10.6 Å². The Morgan fingerprint density at radius 2 is 1.67 bits per heavy atom. The number of aryl methyl sites for hydroxylation is 3. The van der Waals surface area contributed by atoms with Crippen LogP contribution in [0.25, 0.3) is 5.69 Å². The van der Waals surface area contributed by atoms with E-state index in [4.69, 9.17) is 9.84 Å². The first kappa shape index (κ1) is 26.9. The van der Waals surface area contributed by atoms with Crippen LogP contribution in [-0.2, 0) is 14.9 Å². The number of carbonyl (C=O) groups is 2. The van der Waals surface area contributed by atoms with Gasteiger partial charge in [-0.15, -0.1) is 0 Å². The molecule has 0 atom stereocenters. The summed E-state index contributed by atoms with van der Waals surface area (Å²) in [5.41, 5.74) is 5.52. The van der Waals surface area contributed by atoms with Gasteiger partial charge in [0, 0.05) is 30.8 Å². The molecule has 192 valence electrons. The van der Waals surface area contributed by atoms with Crippen LogP contribution in [0.5, 0.6) is 0 Å². The van der Waals surface area contributed by atoms with Gasteiger partial charge in [-0.3, -0.25) is 4.79 Å². The Morgan fingerprint density at radius 3 is 2.28 bits per heavy atom. The summed E-state index contributed by atoms with van der Waals surface area (Å²) < 4.78 is 6.90. The van der Waals surface area contributed by atoms with E-state index < -0.39 is 0 Å². The lowest BCUT2D eigenvalue weighted by atomic mass is 9.92. The molecule has 0 unspecified atom stereocenters. The molecule has 0 radical (unpaired) electrons. The average Bonchev–Trinajstić information content (AvgIpc) is 3.23. The highest BCUT2D eigenvalue weighted by Gasteiger charge is 2.23. The van der Waals surface area contributed by atoms with Crippen molar-refractivity contribution >= 4 is 23.4 Å². The lowest BCUT2D eigenvalue weighted by Crippen LogP contribution is -2.42. The van der Waals surface area contributed by atoms with Gasteiger partial charge in [0.25, 0.3) is 0 Å². The summed E-state index contributed by atoms with van der Waals surface area (Å²) in [6.07, 6.45) is 0. The molecule has 0 saturated carbocycles. The molecule has 36 heavy (non-hydrogen) atoms. The molecule has 8 heteroatoms. The first-order valence-corrected chi connectivity index (χ1v) is 12.1. The number of aromatic nitrogens is 2. The fourth-order valence-electron chi connectivity index (χ4n) is 3.55. The third-order valence-corrected chi connectivity index (χ3v) is 5.97. The van der Waals surface area contributed by atoms with Gasteiger partial charge in [-0.05, 0) is 56.2 Å². The Morgan fingerprint density at radius 1 is 0.972 bits per heavy atom. The molecule has 0 saturated heterocycles. The standard InChI is InChI=1S/C28H37N5O3/c1-19-8-12-23(13-9-19)33-25(17-24(31-33)28(4,5)6)30-26(34)18-32(14-15-36-7)27(35)29-22-11-10-20(2)21(3)16-22/h8-13,16-17H,14-15,18H2,1-7H3,(H,29,35)(H,30,34). The number of rotatable bonds is 8. The van der Waals surface area contributed by atoms with Crippen molar-refractivity contribution in [2.24, 2.45) is 0 Å². The summed E-state index contributed by atoms with van der Waals surface area (Å²) in [5, 5.41) is 10.6. The maximum Gasteiger partial charge on any atom is 0.322 e. The number of urea groups is 1. The average molecular weight is 492 g/mol. The molecule has 0 aliphatic heterocycles. The van der Waals surface area contributed by atoms with Crippen LogP contribution in [0.3, 0.4) is 0 Å². The molecule has 1 heterocycles. The van der Waals surface area contributed by atoms with E-state index in [1.807, 2.05) is 69.3 Å². The molecule has 0 spiro atoms. The molecule has 0 fully saturated rings. The van der Waals surface area contributed by atoms with Gasteiger partial charge in [0.2, 0.25) is 5.91 Å². The van der Waals surface area contributed by atoms with Crippen LogP contribution in [0.2, 0.25) is 0 Å². The van der Waals surface area contributed by atoms with E-state index >= 15 is 0 Å². The minimum Gasteiger partial charge on any atom is -0.383 e. The number of anilines is 2. The Kier molecular flexibility index (Phi) is 8.53. The number of methoxy groups -OCH3 is 1. The van der Waals surface area contributed by atoms with Gasteiger partial charge in [-0.1, -0.05) is 44.5 Å². The van der Waals surface area contributed by atoms with Gasteiger partial charge in [0.1, 0.15) is 12.4 Å². The van der Waals surface area contributed by atoms with Crippen molar-refractivity contribution in [3.63, 3.8) is 0 Å².